The monoisotopic (exact) mass is 259 g/mol. The molecule has 0 bridgehead atoms. The maximum atomic E-state index is 6.15. The lowest BCUT2D eigenvalue weighted by atomic mass is 10.3. The molecule has 1 heterocycles. The van der Waals surface area contributed by atoms with Crippen LogP contribution in [-0.4, -0.2) is 48.4 Å². The molecule has 3 heteroatoms. The van der Waals surface area contributed by atoms with Gasteiger partial charge in [0.15, 0.2) is 0 Å². The summed E-state index contributed by atoms with van der Waals surface area (Å²) in [6.45, 7) is 11.8. The molecule has 2 atom stereocenters. The van der Waals surface area contributed by atoms with Gasteiger partial charge in [-0.25, -0.2) is 0 Å². The summed E-state index contributed by atoms with van der Waals surface area (Å²) < 4.78 is 6.44. The lowest BCUT2D eigenvalue weighted by Crippen LogP contribution is -2.27. The Bertz CT molecular complexity index is 262. The zero-order valence-corrected chi connectivity index (χ0v) is 13.0. The average Bonchev–Trinajstić information content (AvgIpc) is 2.80. The molecule has 17 heavy (non-hydrogen) atoms. The molecule has 1 saturated heterocycles. The van der Waals surface area contributed by atoms with E-state index in [2.05, 4.69) is 38.2 Å². The van der Waals surface area contributed by atoms with Crippen molar-refractivity contribution in [2.24, 2.45) is 11.8 Å². The fraction of sp³-hybridized carbons (Fsp3) is 1.00. The van der Waals surface area contributed by atoms with Crippen molar-refractivity contribution >= 4 is 10.3 Å². The molecular formula is C14H29NOS. The molecule has 102 valence electrons. The molecule has 2 fully saturated rings. The van der Waals surface area contributed by atoms with Crippen molar-refractivity contribution in [3.8, 4) is 0 Å². The lowest BCUT2D eigenvalue weighted by molar-refractivity contribution is 0.261. The second-order valence-corrected chi connectivity index (χ2v) is 11.0. The second-order valence-electron chi connectivity index (χ2n) is 7.04. The minimum atomic E-state index is -0.914. The third-order valence-electron chi connectivity index (χ3n) is 4.53. The first-order valence-corrected chi connectivity index (χ1v) is 9.27. The average molecular weight is 259 g/mol. The highest BCUT2D eigenvalue weighted by Crippen LogP contribution is 2.53. The summed E-state index contributed by atoms with van der Waals surface area (Å²) in [5, 5.41) is 0. The van der Waals surface area contributed by atoms with Gasteiger partial charge in [-0.1, -0.05) is 20.8 Å². The number of nitrogens with zero attached hydrogens (tertiary/aromatic N) is 1. The molecular weight excluding hydrogens is 230 g/mol. The van der Waals surface area contributed by atoms with Crippen molar-refractivity contribution in [3.63, 3.8) is 0 Å². The van der Waals surface area contributed by atoms with Gasteiger partial charge in [0, 0.05) is 24.4 Å². The van der Waals surface area contributed by atoms with Crippen LogP contribution >= 0.6 is 10.3 Å². The lowest BCUT2D eigenvalue weighted by Gasteiger charge is -2.43. The fourth-order valence-electron chi connectivity index (χ4n) is 2.41. The first-order valence-electron chi connectivity index (χ1n) is 6.89. The molecule has 0 aromatic rings. The summed E-state index contributed by atoms with van der Waals surface area (Å²) in [6, 6.07) is 0. The molecule has 1 saturated carbocycles. The van der Waals surface area contributed by atoms with E-state index >= 15 is 0 Å². The Morgan fingerprint density at radius 3 is 2.29 bits per heavy atom. The zero-order valence-electron chi connectivity index (χ0n) is 12.2. The van der Waals surface area contributed by atoms with E-state index in [0.717, 1.165) is 18.4 Å². The summed E-state index contributed by atoms with van der Waals surface area (Å²) in [6.07, 6.45) is 7.29. The Labute approximate surface area is 109 Å². The topological polar surface area (TPSA) is 12.5 Å². The van der Waals surface area contributed by atoms with E-state index in [1.54, 1.807) is 0 Å². The molecule has 1 aliphatic heterocycles. The summed E-state index contributed by atoms with van der Waals surface area (Å²) in [4.78, 5) is 2.63. The highest BCUT2D eigenvalue weighted by atomic mass is 32.3. The summed E-state index contributed by atoms with van der Waals surface area (Å²) in [5.41, 5.74) is 0. The molecule has 0 amide bonds. The number of hydrogen-bond acceptors (Lipinski definition) is 2. The number of rotatable bonds is 5. The molecule has 2 rings (SSSR count). The molecule has 2 unspecified atom stereocenters. The van der Waals surface area contributed by atoms with Gasteiger partial charge in [0.25, 0.3) is 0 Å². The molecule has 0 aromatic heterocycles. The predicted molar refractivity (Wildman–Crippen MR) is 77.8 cm³/mol. The summed E-state index contributed by atoms with van der Waals surface area (Å²) in [5.74, 6) is 2.13. The fourth-order valence-corrected chi connectivity index (χ4v) is 3.30. The Kier molecular flexibility index (Phi) is 3.82. The number of hydrogen-bond donors (Lipinski definition) is 0. The van der Waals surface area contributed by atoms with Crippen molar-refractivity contribution < 1.29 is 4.18 Å². The first-order chi connectivity index (χ1) is 7.79. The van der Waals surface area contributed by atoms with Gasteiger partial charge in [0.1, 0.15) is 0 Å². The number of piperidine rings is 1. The highest BCUT2D eigenvalue weighted by molar-refractivity contribution is 8.29. The van der Waals surface area contributed by atoms with Crippen LogP contribution in [0.2, 0.25) is 0 Å². The van der Waals surface area contributed by atoms with Crippen LogP contribution < -0.4 is 0 Å². The summed E-state index contributed by atoms with van der Waals surface area (Å²) >= 11 is 0. The Hall–Kier alpha value is 0.270. The molecule has 2 nitrogen and oxygen atoms in total. The van der Waals surface area contributed by atoms with Gasteiger partial charge in [-0.05, 0) is 37.2 Å². The van der Waals surface area contributed by atoms with Gasteiger partial charge in [-0.3, -0.25) is 0 Å². The van der Waals surface area contributed by atoms with Crippen LogP contribution in [0.5, 0.6) is 0 Å². The van der Waals surface area contributed by atoms with Crippen LogP contribution in [0.1, 0.15) is 33.6 Å². The quantitative estimate of drug-likeness (QED) is 0.703. The van der Waals surface area contributed by atoms with Crippen LogP contribution in [-0.2, 0) is 4.18 Å². The van der Waals surface area contributed by atoms with Crippen molar-refractivity contribution in [1.82, 2.24) is 4.90 Å². The number of likely N-dealkylation sites (tertiary alicyclic amines) is 1. The maximum Gasteiger partial charge on any atom is 0.0604 e. The molecule has 0 spiro atoms. The zero-order chi connectivity index (χ0) is 12.7. The van der Waals surface area contributed by atoms with Crippen molar-refractivity contribution in [2.75, 3.05) is 38.8 Å². The van der Waals surface area contributed by atoms with E-state index in [4.69, 9.17) is 4.18 Å². The van der Waals surface area contributed by atoms with Crippen LogP contribution in [0.4, 0.5) is 0 Å². The van der Waals surface area contributed by atoms with E-state index in [0.29, 0.717) is 4.75 Å². The molecule has 0 aromatic carbocycles. The van der Waals surface area contributed by atoms with Crippen molar-refractivity contribution in [2.45, 2.75) is 38.4 Å². The molecule has 0 N–H and O–H groups in total. The van der Waals surface area contributed by atoms with E-state index in [1.165, 1.54) is 32.5 Å². The largest absolute Gasteiger partial charge is 0.337 e. The third kappa shape index (κ3) is 3.39. The SMILES string of the molecule is CC(C)(C)S(C)(C)OCCCN1CC2CC2C1. The molecule has 0 radical (unpaired) electrons. The van der Waals surface area contributed by atoms with Crippen LogP contribution in [0.15, 0.2) is 0 Å². The van der Waals surface area contributed by atoms with Crippen molar-refractivity contribution in [1.29, 1.82) is 0 Å². The minimum absolute atomic E-state index is 0.294. The first kappa shape index (κ1) is 13.7. The van der Waals surface area contributed by atoms with E-state index in [9.17, 15) is 0 Å². The Morgan fingerprint density at radius 1 is 1.18 bits per heavy atom. The van der Waals surface area contributed by atoms with E-state index in [-0.39, 0.29) is 0 Å². The van der Waals surface area contributed by atoms with Gasteiger partial charge >= 0.3 is 0 Å². The van der Waals surface area contributed by atoms with E-state index in [1.807, 2.05) is 0 Å². The highest BCUT2D eigenvalue weighted by Gasteiger charge is 2.44. The van der Waals surface area contributed by atoms with Gasteiger partial charge in [-0.15, -0.1) is 10.3 Å². The normalized spacial score (nSPS) is 30.4. The van der Waals surface area contributed by atoms with E-state index < -0.39 is 10.3 Å². The Morgan fingerprint density at radius 2 is 1.76 bits per heavy atom. The standard InChI is InChI=1S/C14H29NOS/c1-14(2,3)17(4,5)16-8-6-7-15-10-12-9-13(12)11-15/h12-13H,6-11H2,1-5H3. The van der Waals surface area contributed by atoms with Crippen LogP contribution in [0.25, 0.3) is 0 Å². The molecule has 2 aliphatic rings. The van der Waals surface area contributed by atoms with Crippen molar-refractivity contribution in [3.05, 3.63) is 0 Å². The van der Waals surface area contributed by atoms with Gasteiger partial charge in [-0.2, -0.15) is 0 Å². The van der Waals surface area contributed by atoms with Gasteiger partial charge < -0.3 is 9.08 Å². The van der Waals surface area contributed by atoms with Crippen LogP contribution in [0.3, 0.4) is 0 Å². The van der Waals surface area contributed by atoms with Gasteiger partial charge in [0.2, 0.25) is 0 Å². The predicted octanol–water partition coefficient (Wildman–Crippen LogP) is 3.12. The minimum Gasteiger partial charge on any atom is -0.337 e. The molecule has 1 aliphatic carbocycles. The Balaban J connectivity index is 1.59. The smallest absolute Gasteiger partial charge is 0.0604 e. The van der Waals surface area contributed by atoms with Gasteiger partial charge in [0.05, 0.1) is 6.61 Å². The summed E-state index contributed by atoms with van der Waals surface area (Å²) in [7, 11) is -0.914. The van der Waals surface area contributed by atoms with Crippen LogP contribution in [0, 0.1) is 11.8 Å². The number of fused-ring (bicyclic) bond motifs is 1. The maximum absolute atomic E-state index is 6.15. The second kappa shape index (κ2) is 4.75. The third-order valence-corrected chi connectivity index (χ3v) is 8.23.